The summed E-state index contributed by atoms with van der Waals surface area (Å²) in [6.07, 6.45) is 7.21. The lowest BCUT2D eigenvalue weighted by Crippen LogP contribution is -2.69. The summed E-state index contributed by atoms with van der Waals surface area (Å²) in [6, 6.07) is 14.4. The van der Waals surface area contributed by atoms with Crippen LogP contribution >= 0.6 is 0 Å². The number of amides is 1. The number of benzene rings is 2. The highest BCUT2D eigenvalue weighted by atomic mass is 19.1. The molecule has 0 saturated heterocycles. The molecule has 14 nitrogen and oxygen atoms in total. The van der Waals surface area contributed by atoms with E-state index in [1.165, 1.54) is 12.2 Å². The molecule has 0 aliphatic heterocycles. The number of aliphatic hydroxyl groups is 2. The van der Waals surface area contributed by atoms with Gasteiger partial charge in [-0.05, 0) is 91.3 Å². The molecule has 9 atom stereocenters. The number of ether oxygens (including phenoxy) is 4. The van der Waals surface area contributed by atoms with Gasteiger partial charge in [-0.15, -0.1) is 0 Å². The number of hydrogen-bond donors (Lipinski definition) is 4. The maximum absolute atomic E-state index is 17.4. The van der Waals surface area contributed by atoms with Gasteiger partial charge in [-0.3, -0.25) is 19.4 Å². The molecule has 3 fully saturated rings. The number of pyridine rings is 1. The minimum absolute atomic E-state index is 0.0287. The number of halogens is 1. The van der Waals surface area contributed by atoms with Gasteiger partial charge in [0.25, 0.3) is 0 Å². The van der Waals surface area contributed by atoms with Crippen LogP contribution in [0.5, 0.6) is 0 Å². The first-order valence-corrected chi connectivity index (χ1v) is 21.0. The van der Waals surface area contributed by atoms with Gasteiger partial charge in [-0.25, -0.2) is 14.0 Å². The molecule has 4 aliphatic carbocycles. The van der Waals surface area contributed by atoms with Crippen molar-refractivity contribution >= 4 is 45.9 Å². The summed E-state index contributed by atoms with van der Waals surface area (Å²) < 4.78 is 38.5. The van der Waals surface area contributed by atoms with Crippen molar-refractivity contribution in [3.8, 4) is 0 Å². The quantitative estimate of drug-likeness (QED) is 0.116. The number of alkyl halides is 1. The van der Waals surface area contributed by atoms with Gasteiger partial charge < -0.3 is 40.2 Å². The van der Waals surface area contributed by atoms with Crippen LogP contribution in [0.4, 0.5) is 10.1 Å². The van der Waals surface area contributed by atoms with E-state index in [4.69, 9.17) is 24.7 Å². The van der Waals surface area contributed by atoms with Crippen LogP contribution in [0, 0.1) is 28.6 Å². The van der Waals surface area contributed by atoms with E-state index in [2.05, 4.69) is 10.3 Å². The summed E-state index contributed by atoms with van der Waals surface area (Å²) >= 11 is 0. The monoisotopic (exact) mass is 855 g/mol. The third-order valence-electron chi connectivity index (χ3n) is 14.1. The largest absolute Gasteiger partial charge is 0.459 e. The molecule has 7 rings (SSSR count). The summed E-state index contributed by atoms with van der Waals surface area (Å²) in [4.78, 5) is 67.8. The molecule has 3 aromatic rings. The number of allylic oxidation sites excluding steroid dienone is 4. The minimum Gasteiger partial charge on any atom is -0.459 e. The number of aromatic nitrogens is 1. The van der Waals surface area contributed by atoms with Gasteiger partial charge in [0, 0.05) is 46.8 Å². The highest BCUT2D eigenvalue weighted by molar-refractivity contribution is 6.01. The minimum atomic E-state index is -2.11. The average Bonchev–Trinajstić information content (AvgIpc) is 3.45. The first-order chi connectivity index (χ1) is 29.5. The predicted octanol–water partition coefficient (Wildman–Crippen LogP) is 4.45. The molecule has 1 heterocycles. The molecule has 330 valence electrons. The second kappa shape index (κ2) is 17.9. The van der Waals surface area contributed by atoms with Crippen molar-refractivity contribution < 1.29 is 57.5 Å². The summed E-state index contributed by atoms with van der Waals surface area (Å²) in [5.74, 6) is -5.03. The summed E-state index contributed by atoms with van der Waals surface area (Å²) in [7, 11) is 0. The van der Waals surface area contributed by atoms with E-state index in [-0.39, 0.29) is 51.1 Å². The molecule has 0 spiro atoms. The number of esters is 2. The lowest BCUT2D eigenvalue weighted by Gasteiger charge is -2.62. The number of aliphatic hydroxyl groups excluding tert-OH is 1. The number of ketones is 2. The Bertz CT molecular complexity index is 2280. The fraction of sp³-hybridized carbons (Fsp3) is 0.489. The molecular formula is C47H54FN3O11. The maximum Gasteiger partial charge on any atom is 0.332 e. The number of carbonyl (C=O) groups excluding carboxylic acids is 5. The number of rotatable bonds is 16. The molecule has 3 saturated carbocycles. The molecule has 1 aromatic heterocycles. The number of fused-ring (bicyclic) bond motifs is 6. The fourth-order valence-electron chi connectivity index (χ4n) is 10.7. The number of nitrogens with one attached hydrogen (secondary N) is 1. The van der Waals surface area contributed by atoms with Crippen molar-refractivity contribution in [2.45, 2.75) is 76.4 Å². The van der Waals surface area contributed by atoms with Crippen molar-refractivity contribution in [2.75, 3.05) is 44.9 Å². The van der Waals surface area contributed by atoms with Gasteiger partial charge in [0.05, 0.1) is 25.2 Å². The summed E-state index contributed by atoms with van der Waals surface area (Å²) in [5.41, 5.74) is 2.14. The maximum atomic E-state index is 17.4. The molecule has 15 heteroatoms. The highest BCUT2D eigenvalue weighted by Crippen LogP contribution is 2.70. The van der Waals surface area contributed by atoms with E-state index < -0.39 is 82.8 Å². The van der Waals surface area contributed by atoms with E-state index in [9.17, 15) is 34.2 Å². The van der Waals surface area contributed by atoms with Gasteiger partial charge in [0.2, 0.25) is 11.7 Å². The third-order valence-corrected chi connectivity index (χ3v) is 14.1. The predicted molar refractivity (Wildman–Crippen MR) is 224 cm³/mol. The van der Waals surface area contributed by atoms with Gasteiger partial charge >= 0.3 is 11.9 Å². The zero-order chi connectivity index (χ0) is 44.5. The number of carbonyl (C=O) groups is 5. The van der Waals surface area contributed by atoms with Crippen LogP contribution < -0.4 is 11.1 Å². The Labute approximate surface area is 359 Å². The lowest BCUT2D eigenvalue weighted by atomic mass is 9.44. The highest BCUT2D eigenvalue weighted by Gasteiger charge is 2.75. The van der Waals surface area contributed by atoms with E-state index >= 15 is 4.39 Å². The molecule has 0 radical (unpaired) electrons. The lowest BCUT2D eigenvalue weighted by molar-refractivity contribution is -0.220. The Hall–Kier alpha value is -5.19. The van der Waals surface area contributed by atoms with E-state index in [1.807, 2.05) is 18.2 Å². The van der Waals surface area contributed by atoms with Crippen LogP contribution in [-0.4, -0.2) is 102 Å². The Morgan fingerprint density at radius 1 is 0.968 bits per heavy atom. The summed E-state index contributed by atoms with van der Waals surface area (Å²) in [5, 5.41) is 28.5. The molecule has 1 amide bonds. The SMILES string of the molecule is C[C@H]1C[C@H]2[C@@H]3CCC4=CC(=O)C=C[C@]4(C)[C@@]3(F)[C@@H](O)C[C@]2(C)[C@@]1(O)C(=O)COC(=O)COCCOCC(=O)OCc1ccc([C@@H](CN)C(=O)Nc2ccc3cnccc3c2)cc1. The van der Waals surface area contributed by atoms with Crippen molar-refractivity contribution in [3.63, 3.8) is 0 Å². The number of Topliss-reactive ketones (excluding diaryl/α,β-unsaturated/α-hetero) is 1. The van der Waals surface area contributed by atoms with E-state index in [0.29, 0.717) is 41.6 Å². The van der Waals surface area contributed by atoms with Crippen LogP contribution in [-0.2, 0) is 49.5 Å². The molecular weight excluding hydrogens is 802 g/mol. The first kappa shape index (κ1) is 44.9. The Morgan fingerprint density at radius 3 is 2.39 bits per heavy atom. The van der Waals surface area contributed by atoms with Gasteiger partial charge in [-0.1, -0.05) is 55.8 Å². The fourth-order valence-corrected chi connectivity index (χ4v) is 10.7. The Kier molecular flexibility index (Phi) is 12.9. The molecule has 0 bridgehead atoms. The third kappa shape index (κ3) is 8.12. The topological polar surface area (TPSA) is 214 Å². The zero-order valence-electron chi connectivity index (χ0n) is 35.1. The smallest absolute Gasteiger partial charge is 0.332 e. The second-order valence-electron chi connectivity index (χ2n) is 17.5. The normalized spacial score (nSPS) is 30.4. The van der Waals surface area contributed by atoms with Crippen molar-refractivity contribution in [2.24, 2.45) is 34.3 Å². The molecule has 5 N–H and O–H groups in total. The van der Waals surface area contributed by atoms with Gasteiger partial charge in [0.1, 0.15) is 25.4 Å². The van der Waals surface area contributed by atoms with Crippen LogP contribution in [0.15, 0.2) is 84.7 Å². The van der Waals surface area contributed by atoms with Crippen LogP contribution in [0.3, 0.4) is 0 Å². The van der Waals surface area contributed by atoms with Crippen LogP contribution in [0.1, 0.15) is 63.5 Å². The standard InChI is InChI=1S/C47H54FN3O11/c1-28-18-38-37-11-9-33-20-35(52)12-14-44(33,2)46(37,48)39(53)21-45(38,3)47(28,58)40(54)25-62-42(56)27-60-17-16-59-26-41(55)61-24-29-4-6-30(7-5-29)36(22-49)43(57)51-34-10-8-32-23-50-15-13-31(32)19-34/h4-8,10,12-15,19-20,23,28,36-39,53,58H,9,11,16-18,21-22,24-27,49H2,1-3H3,(H,51,57)/t28-,36+,37-,38-,39-,44-,45-,46-,47-/m0/s1. The Balaban J connectivity index is 0.804. The number of nitrogens with two attached hydrogens (primary N) is 1. The number of hydrogen-bond acceptors (Lipinski definition) is 13. The molecule has 2 aromatic carbocycles. The molecule has 4 aliphatic rings. The van der Waals surface area contributed by atoms with Crippen LogP contribution in [0.2, 0.25) is 0 Å². The van der Waals surface area contributed by atoms with E-state index in [1.54, 1.807) is 69.6 Å². The van der Waals surface area contributed by atoms with Crippen molar-refractivity contribution in [3.05, 3.63) is 95.9 Å². The van der Waals surface area contributed by atoms with Crippen LogP contribution in [0.25, 0.3) is 10.8 Å². The van der Waals surface area contributed by atoms with Crippen molar-refractivity contribution in [1.29, 1.82) is 0 Å². The molecule has 0 unspecified atom stereocenters. The zero-order valence-corrected chi connectivity index (χ0v) is 35.1. The first-order valence-electron chi connectivity index (χ1n) is 21.0. The second-order valence-corrected chi connectivity index (χ2v) is 17.5. The Morgan fingerprint density at radius 2 is 1.68 bits per heavy atom. The number of nitrogens with zero attached hydrogens (tertiary/aromatic N) is 1. The molecule has 62 heavy (non-hydrogen) atoms. The summed E-state index contributed by atoms with van der Waals surface area (Å²) in [6.45, 7) is 3.45. The van der Waals surface area contributed by atoms with Gasteiger partial charge in [-0.2, -0.15) is 0 Å². The van der Waals surface area contributed by atoms with E-state index in [0.717, 1.165) is 10.8 Å². The number of anilines is 1. The van der Waals surface area contributed by atoms with Gasteiger partial charge in [0.15, 0.2) is 18.1 Å². The average molecular weight is 856 g/mol. The van der Waals surface area contributed by atoms with Crippen molar-refractivity contribution in [1.82, 2.24) is 4.98 Å².